The number of hydrogen-bond donors (Lipinski definition) is 0. The molecule has 0 saturated heterocycles. The van der Waals surface area contributed by atoms with Crippen LogP contribution in [0.3, 0.4) is 0 Å². The predicted octanol–water partition coefficient (Wildman–Crippen LogP) is 1.48. The Hall–Kier alpha value is -0.320. The topological polar surface area (TPSA) is 43.1 Å². The molecule has 0 aliphatic carbocycles. The number of alkyl halides is 3. The fraction of sp³-hybridized carbons (Fsp3) is 0.250. The van der Waals surface area contributed by atoms with Crippen molar-refractivity contribution in [3.05, 3.63) is 12.7 Å². The third-order valence-corrected chi connectivity index (χ3v) is 1.04. The smallest absolute Gasteiger partial charge is 0.208 e. The van der Waals surface area contributed by atoms with Crippen LogP contribution in [0.1, 0.15) is 0 Å². The number of halogens is 3. The SMILES string of the molecule is ClC(Cl)(Cl)/C=N\n1cnnc1. The lowest BCUT2D eigenvalue weighted by molar-refractivity contribution is 0.875. The van der Waals surface area contributed by atoms with Crippen molar-refractivity contribution in [2.75, 3.05) is 0 Å². The van der Waals surface area contributed by atoms with E-state index in [0.29, 0.717) is 0 Å². The summed E-state index contributed by atoms with van der Waals surface area (Å²) in [6.45, 7) is 0. The van der Waals surface area contributed by atoms with Gasteiger partial charge in [-0.2, -0.15) is 5.10 Å². The van der Waals surface area contributed by atoms with Gasteiger partial charge in [0.2, 0.25) is 3.79 Å². The summed E-state index contributed by atoms with van der Waals surface area (Å²) in [7, 11) is 0. The largest absolute Gasteiger partial charge is 0.227 e. The van der Waals surface area contributed by atoms with Crippen molar-refractivity contribution < 1.29 is 0 Å². The first-order valence-corrected chi connectivity index (χ1v) is 3.68. The average molecular weight is 213 g/mol. The Morgan fingerprint density at radius 3 is 2.27 bits per heavy atom. The Kier molecular flexibility index (Phi) is 2.70. The first-order chi connectivity index (χ1) is 5.08. The van der Waals surface area contributed by atoms with Crippen LogP contribution in [0.2, 0.25) is 0 Å². The zero-order chi connectivity index (χ0) is 8.32. The molecule has 7 heteroatoms. The second-order valence-electron chi connectivity index (χ2n) is 1.63. The summed E-state index contributed by atoms with van der Waals surface area (Å²) in [6, 6.07) is 0. The van der Waals surface area contributed by atoms with Crippen molar-refractivity contribution in [1.29, 1.82) is 0 Å². The van der Waals surface area contributed by atoms with Gasteiger partial charge in [-0.1, -0.05) is 34.8 Å². The quantitative estimate of drug-likeness (QED) is 0.524. The molecule has 0 fully saturated rings. The molecule has 1 heterocycles. The molecule has 0 amide bonds. The van der Waals surface area contributed by atoms with Gasteiger partial charge >= 0.3 is 0 Å². The Morgan fingerprint density at radius 1 is 1.27 bits per heavy atom. The van der Waals surface area contributed by atoms with Crippen molar-refractivity contribution in [2.45, 2.75) is 3.79 Å². The van der Waals surface area contributed by atoms with Gasteiger partial charge in [0.25, 0.3) is 0 Å². The van der Waals surface area contributed by atoms with Crippen molar-refractivity contribution in [2.24, 2.45) is 5.10 Å². The average Bonchev–Trinajstić information content (AvgIpc) is 2.32. The van der Waals surface area contributed by atoms with E-state index >= 15 is 0 Å². The van der Waals surface area contributed by atoms with Crippen LogP contribution in [0, 0.1) is 0 Å². The van der Waals surface area contributed by atoms with E-state index in [1.807, 2.05) is 0 Å². The Labute approximate surface area is 77.8 Å². The number of aromatic nitrogens is 3. The summed E-state index contributed by atoms with van der Waals surface area (Å²) in [4.78, 5) is 0. The fourth-order valence-electron chi connectivity index (χ4n) is 0.387. The van der Waals surface area contributed by atoms with Gasteiger partial charge in [0.1, 0.15) is 12.7 Å². The summed E-state index contributed by atoms with van der Waals surface area (Å²) in [5.41, 5.74) is 0. The summed E-state index contributed by atoms with van der Waals surface area (Å²) in [5.74, 6) is 0. The molecule has 0 aromatic carbocycles. The van der Waals surface area contributed by atoms with Gasteiger partial charge in [0.05, 0.1) is 6.21 Å². The van der Waals surface area contributed by atoms with Gasteiger partial charge in [0.15, 0.2) is 0 Å². The zero-order valence-corrected chi connectivity index (χ0v) is 7.42. The van der Waals surface area contributed by atoms with Gasteiger partial charge in [-0.05, 0) is 0 Å². The third kappa shape index (κ3) is 3.55. The van der Waals surface area contributed by atoms with E-state index in [0.717, 1.165) is 6.21 Å². The molecule has 0 aliphatic rings. The standard InChI is InChI=1S/C4H3Cl3N4/c5-4(6,7)1-10-11-2-8-9-3-11/h1-3H/b10-1-. The molecular formula is C4H3Cl3N4. The molecule has 0 radical (unpaired) electrons. The number of rotatable bonds is 1. The molecule has 0 N–H and O–H groups in total. The molecular weight excluding hydrogens is 210 g/mol. The molecule has 0 spiro atoms. The van der Waals surface area contributed by atoms with Crippen LogP contribution in [0.15, 0.2) is 17.8 Å². The first kappa shape index (κ1) is 8.77. The normalized spacial score (nSPS) is 12.6. The highest BCUT2D eigenvalue weighted by atomic mass is 35.6. The van der Waals surface area contributed by atoms with Gasteiger partial charge in [-0.15, -0.1) is 10.2 Å². The molecule has 0 bridgehead atoms. The van der Waals surface area contributed by atoms with Crippen molar-refractivity contribution in [1.82, 2.24) is 14.9 Å². The second-order valence-corrected chi connectivity index (χ2v) is 4.00. The Bertz CT molecular complexity index is 236. The molecule has 1 aromatic heterocycles. The Balaban J connectivity index is 2.63. The van der Waals surface area contributed by atoms with Gasteiger partial charge in [0, 0.05) is 0 Å². The molecule has 60 valence electrons. The van der Waals surface area contributed by atoms with Crippen LogP contribution < -0.4 is 0 Å². The minimum Gasteiger partial charge on any atom is -0.208 e. The van der Waals surface area contributed by atoms with E-state index in [-0.39, 0.29) is 0 Å². The van der Waals surface area contributed by atoms with Crippen LogP contribution in [-0.2, 0) is 0 Å². The second kappa shape index (κ2) is 3.38. The van der Waals surface area contributed by atoms with Crippen molar-refractivity contribution in [3.63, 3.8) is 0 Å². The molecule has 1 aromatic rings. The summed E-state index contributed by atoms with van der Waals surface area (Å²) < 4.78 is -0.161. The van der Waals surface area contributed by atoms with E-state index < -0.39 is 3.79 Å². The van der Waals surface area contributed by atoms with Crippen LogP contribution in [0.25, 0.3) is 0 Å². The van der Waals surface area contributed by atoms with Crippen LogP contribution >= 0.6 is 34.8 Å². The summed E-state index contributed by atoms with van der Waals surface area (Å²) >= 11 is 16.1. The van der Waals surface area contributed by atoms with Crippen LogP contribution in [0.5, 0.6) is 0 Å². The lowest BCUT2D eigenvalue weighted by Crippen LogP contribution is -2.04. The molecule has 0 unspecified atom stereocenters. The van der Waals surface area contributed by atoms with E-state index in [4.69, 9.17) is 34.8 Å². The van der Waals surface area contributed by atoms with Crippen LogP contribution in [0.4, 0.5) is 0 Å². The highest BCUT2D eigenvalue weighted by Gasteiger charge is 2.15. The monoisotopic (exact) mass is 212 g/mol. The predicted molar refractivity (Wildman–Crippen MR) is 44.2 cm³/mol. The van der Waals surface area contributed by atoms with Gasteiger partial charge in [-0.25, -0.2) is 4.68 Å². The molecule has 1 rings (SSSR count). The van der Waals surface area contributed by atoms with E-state index in [1.54, 1.807) is 0 Å². The van der Waals surface area contributed by atoms with E-state index in [9.17, 15) is 0 Å². The molecule has 0 atom stereocenters. The maximum atomic E-state index is 5.38. The van der Waals surface area contributed by atoms with E-state index in [1.165, 1.54) is 17.3 Å². The first-order valence-electron chi connectivity index (χ1n) is 2.55. The van der Waals surface area contributed by atoms with Crippen molar-refractivity contribution >= 4 is 41.0 Å². The molecule has 4 nitrogen and oxygen atoms in total. The summed E-state index contributed by atoms with van der Waals surface area (Å²) in [5, 5.41) is 10.7. The fourth-order valence-corrected chi connectivity index (χ4v) is 0.518. The molecule has 0 aliphatic heterocycles. The zero-order valence-electron chi connectivity index (χ0n) is 5.15. The molecule has 0 saturated carbocycles. The minimum atomic E-state index is -1.48. The van der Waals surface area contributed by atoms with Crippen molar-refractivity contribution in [3.8, 4) is 0 Å². The Morgan fingerprint density at radius 2 is 1.82 bits per heavy atom. The lowest BCUT2D eigenvalue weighted by atomic mass is 10.9. The number of nitrogens with zero attached hydrogens (tertiary/aromatic N) is 4. The maximum absolute atomic E-state index is 5.38. The van der Waals surface area contributed by atoms with Gasteiger partial charge in [-0.3, -0.25) is 0 Å². The lowest BCUT2D eigenvalue weighted by Gasteiger charge is -1.99. The van der Waals surface area contributed by atoms with Crippen LogP contribution in [-0.4, -0.2) is 24.9 Å². The highest BCUT2D eigenvalue weighted by molar-refractivity contribution is 6.74. The minimum absolute atomic E-state index is 1.15. The van der Waals surface area contributed by atoms with E-state index in [2.05, 4.69) is 15.3 Å². The third-order valence-electron chi connectivity index (χ3n) is 0.744. The number of hydrogen-bond acceptors (Lipinski definition) is 3. The molecule has 11 heavy (non-hydrogen) atoms. The summed E-state index contributed by atoms with van der Waals surface area (Å²) in [6.07, 6.45) is 3.92. The highest BCUT2D eigenvalue weighted by Crippen LogP contribution is 2.22. The van der Waals surface area contributed by atoms with Gasteiger partial charge < -0.3 is 0 Å². The maximum Gasteiger partial charge on any atom is 0.227 e.